The maximum atomic E-state index is 14.1. The van der Waals surface area contributed by atoms with Crippen LogP contribution < -0.4 is 0 Å². The molecule has 3 aliphatic carbocycles. The highest BCUT2D eigenvalue weighted by molar-refractivity contribution is 6.32. The predicted octanol–water partition coefficient (Wildman–Crippen LogP) is 4.55. The number of aliphatic hydroxyl groups is 1. The van der Waals surface area contributed by atoms with Crippen molar-refractivity contribution in [1.82, 2.24) is 0 Å². The molecule has 0 radical (unpaired) electrons. The summed E-state index contributed by atoms with van der Waals surface area (Å²) in [6, 6.07) is 0. The molecule has 0 amide bonds. The summed E-state index contributed by atoms with van der Waals surface area (Å²) in [5.41, 5.74) is -3.67. The smallest absolute Gasteiger partial charge is 0.182 e. The Bertz CT molecular complexity index is 928. The zero-order valence-electron chi connectivity index (χ0n) is 20.0. The molecule has 2 fully saturated rings. The Kier molecular flexibility index (Phi) is 5.37. The minimum Gasteiger partial charge on any atom is -0.390 e. The third-order valence-corrected chi connectivity index (χ3v) is 8.20. The van der Waals surface area contributed by atoms with Gasteiger partial charge in [0.15, 0.2) is 17.3 Å². The van der Waals surface area contributed by atoms with Crippen molar-refractivity contribution >= 4 is 17.3 Å². The average Bonchev–Trinajstić information content (AvgIpc) is 3.00. The van der Waals surface area contributed by atoms with E-state index < -0.39 is 39.3 Å². The van der Waals surface area contributed by atoms with Crippen LogP contribution >= 0.6 is 0 Å². The number of carbonyl (C=O) groups excluding carboxylic acids is 3. The molecule has 2 bridgehead atoms. The van der Waals surface area contributed by atoms with E-state index in [2.05, 4.69) is 5.18 Å². The number of fused-ring (bicyclic) bond motifs is 1. The van der Waals surface area contributed by atoms with E-state index in [-0.39, 0.29) is 48.2 Å². The highest BCUT2D eigenvalue weighted by atomic mass is 16.3. The van der Waals surface area contributed by atoms with Crippen molar-refractivity contribution in [1.29, 1.82) is 0 Å². The van der Waals surface area contributed by atoms with Crippen molar-refractivity contribution in [2.45, 2.75) is 80.3 Å². The van der Waals surface area contributed by atoms with Crippen LogP contribution in [0.25, 0.3) is 0 Å². The van der Waals surface area contributed by atoms with Gasteiger partial charge in [0.25, 0.3) is 0 Å². The van der Waals surface area contributed by atoms with Gasteiger partial charge >= 0.3 is 0 Å². The van der Waals surface area contributed by atoms with Gasteiger partial charge in [-0.2, -0.15) is 0 Å². The van der Waals surface area contributed by atoms with Crippen LogP contribution in [0.1, 0.15) is 74.7 Å². The van der Waals surface area contributed by atoms with Crippen molar-refractivity contribution in [2.24, 2.45) is 39.2 Å². The summed E-state index contributed by atoms with van der Waals surface area (Å²) in [4.78, 5) is 53.3. The van der Waals surface area contributed by atoms with Crippen molar-refractivity contribution in [3.63, 3.8) is 0 Å². The van der Waals surface area contributed by atoms with Crippen molar-refractivity contribution in [3.8, 4) is 0 Å². The van der Waals surface area contributed by atoms with Crippen molar-refractivity contribution in [3.05, 3.63) is 27.8 Å². The summed E-state index contributed by atoms with van der Waals surface area (Å²) in [6.07, 6.45) is 2.58. The fourth-order valence-electron chi connectivity index (χ4n) is 6.75. The number of ketones is 3. The molecule has 31 heavy (non-hydrogen) atoms. The number of nitroso groups, excluding NO2 is 1. The maximum Gasteiger partial charge on any atom is 0.182 e. The third-order valence-electron chi connectivity index (χ3n) is 8.20. The van der Waals surface area contributed by atoms with Gasteiger partial charge in [-0.1, -0.05) is 39.3 Å². The van der Waals surface area contributed by atoms with E-state index >= 15 is 0 Å². The van der Waals surface area contributed by atoms with Crippen LogP contribution in [0.15, 0.2) is 28.1 Å². The number of Topliss-reactive ketones (excluding diaryl/α,β-unsaturated/α-hetero) is 3. The summed E-state index contributed by atoms with van der Waals surface area (Å²) in [5, 5.41) is 14.1. The minimum atomic E-state index is -1.35. The number of hydrogen-bond donors (Lipinski definition) is 1. The topological polar surface area (TPSA) is 101 Å². The van der Waals surface area contributed by atoms with E-state index in [0.29, 0.717) is 0 Å². The van der Waals surface area contributed by atoms with E-state index in [4.69, 9.17) is 0 Å². The molecule has 0 aromatic rings. The Balaban J connectivity index is 2.38. The third kappa shape index (κ3) is 2.97. The van der Waals surface area contributed by atoms with Crippen molar-refractivity contribution < 1.29 is 19.5 Å². The fraction of sp³-hybridized carbons (Fsp3) is 0.720. The first kappa shape index (κ1) is 23.7. The van der Waals surface area contributed by atoms with Crippen LogP contribution in [0.3, 0.4) is 0 Å². The summed E-state index contributed by atoms with van der Waals surface area (Å²) >= 11 is 0. The lowest BCUT2D eigenvalue weighted by molar-refractivity contribution is -0.143. The van der Waals surface area contributed by atoms with Gasteiger partial charge in [0.2, 0.25) is 0 Å². The summed E-state index contributed by atoms with van der Waals surface area (Å²) < 4.78 is 0. The number of carbonyl (C=O) groups is 3. The van der Waals surface area contributed by atoms with E-state index in [9.17, 15) is 24.4 Å². The molecular weight excluding hydrogens is 394 g/mol. The van der Waals surface area contributed by atoms with E-state index in [1.165, 1.54) is 0 Å². The van der Waals surface area contributed by atoms with Gasteiger partial charge in [-0.3, -0.25) is 14.4 Å². The molecule has 1 unspecified atom stereocenters. The second-order valence-electron chi connectivity index (χ2n) is 11.5. The minimum absolute atomic E-state index is 0.179. The lowest BCUT2D eigenvalue weighted by Gasteiger charge is -2.40. The first-order valence-electron chi connectivity index (χ1n) is 11.2. The molecule has 6 nitrogen and oxygen atoms in total. The van der Waals surface area contributed by atoms with Crippen LogP contribution in [0, 0.1) is 38.9 Å². The lowest BCUT2D eigenvalue weighted by atomic mass is 9.62. The van der Waals surface area contributed by atoms with E-state index in [1.54, 1.807) is 27.7 Å². The number of rotatable bonds is 6. The second-order valence-corrected chi connectivity index (χ2v) is 11.5. The van der Waals surface area contributed by atoms with E-state index in [1.807, 2.05) is 33.8 Å². The zero-order chi connectivity index (χ0) is 23.7. The summed E-state index contributed by atoms with van der Waals surface area (Å²) in [7, 11) is 0. The highest BCUT2D eigenvalue weighted by Crippen LogP contribution is 2.74. The van der Waals surface area contributed by atoms with Gasteiger partial charge in [-0.25, -0.2) is 0 Å². The largest absolute Gasteiger partial charge is 0.390 e. The number of allylic oxidation sites excluding steroid dienone is 4. The first-order valence-corrected chi connectivity index (χ1v) is 11.2. The first-order chi connectivity index (χ1) is 14.1. The molecule has 2 saturated carbocycles. The molecular formula is C25H35NO5. The van der Waals surface area contributed by atoms with Gasteiger partial charge in [-0.05, 0) is 69.4 Å². The van der Waals surface area contributed by atoms with Crippen LogP contribution in [0.5, 0.6) is 0 Å². The summed E-state index contributed by atoms with van der Waals surface area (Å²) in [6.45, 7) is 14.6. The number of nitrogens with zero attached hydrogens (tertiary/aromatic N) is 1. The van der Waals surface area contributed by atoms with Gasteiger partial charge in [0.05, 0.1) is 22.0 Å². The molecule has 170 valence electrons. The van der Waals surface area contributed by atoms with Crippen LogP contribution in [-0.2, 0) is 14.4 Å². The molecule has 1 spiro atoms. The SMILES string of the molecule is CC(C)=CCC12C[C@@H]3C(C)(C)[C@H](C(C)(C)O)C[C@@]3(C1=O)C(N=O)=C(C(=O)C(C)C)C2=O. The van der Waals surface area contributed by atoms with Crippen LogP contribution in [0.2, 0.25) is 0 Å². The Hall–Kier alpha value is -1.95. The Morgan fingerprint density at radius 1 is 1.23 bits per heavy atom. The Morgan fingerprint density at radius 2 is 1.81 bits per heavy atom. The molecule has 3 rings (SSSR count). The van der Waals surface area contributed by atoms with Crippen molar-refractivity contribution in [2.75, 3.05) is 0 Å². The standard InChI is InChI=1S/C25H35NO5/c1-13(2)9-10-24-11-16-22(5,6)15(23(7,8)30)12-25(16,21(24)29)19(26-31)17(20(24)28)18(27)14(3)4/h9,14-16,30H,10-12H2,1-8H3/t15-,16-,24?,25+/m1/s1. The Labute approximate surface area is 184 Å². The maximum absolute atomic E-state index is 14.1. The Morgan fingerprint density at radius 3 is 2.26 bits per heavy atom. The molecule has 0 aromatic carbocycles. The van der Waals surface area contributed by atoms with Gasteiger partial charge in [0, 0.05) is 5.92 Å². The fourth-order valence-corrected chi connectivity index (χ4v) is 6.75. The molecule has 0 heterocycles. The monoisotopic (exact) mass is 429 g/mol. The van der Waals surface area contributed by atoms with E-state index in [0.717, 1.165) is 5.57 Å². The van der Waals surface area contributed by atoms with Crippen LogP contribution in [-0.4, -0.2) is 28.1 Å². The normalized spacial score (nSPS) is 34.3. The molecule has 6 heteroatoms. The highest BCUT2D eigenvalue weighted by Gasteiger charge is 2.78. The lowest BCUT2D eigenvalue weighted by Crippen LogP contribution is -2.50. The molecule has 0 saturated heterocycles. The van der Waals surface area contributed by atoms with Crippen LogP contribution in [0.4, 0.5) is 0 Å². The molecule has 4 atom stereocenters. The number of hydrogen-bond acceptors (Lipinski definition) is 6. The van der Waals surface area contributed by atoms with Gasteiger partial charge < -0.3 is 5.11 Å². The van der Waals surface area contributed by atoms with Gasteiger partial charge in [0.1, 0.15) is 5.70 Å². The quantitative estimate of drug-likeness (QED) is 0.289. The molecule has 0 aromatic heterocycles. The second kappa shape index (κ2) is 7.03. The summed E-state index contributed by atoms with van der Waals surface area (Å²) in [5.74, 6) is -2.42. The molecule has 3 aliphatic rings. The molecule has 1 N–H and O–H groups in total. The zero-order valence-corrected chi connectivity index (χ0v) is 20.0. The van der Waals surface area contributed by atoms with Gasteiger partial charge in [-0.15, -0.1) is 4.91 Å². The molecule has 0 aliphatic heterocycles. The predicted molar refractivity (Wildman–Crippen MR) is 118 cm³/mol. The average molecular weight is 430 g/mol.